The van der Waals surface area contributed by atoms with Crippen LogP contribution in [-0.2, 0) is 0 Å². The van der Waals surface area contributed by atoms with E-state index in [4.69, 9.17) is 4.74 Å². The number of halogens is 1. The van der Waals surface area contributed by atoms with Gasteiger partial charge >= 0.3 is 0 Å². The lowest BCUT2D eigenvalue weighted by molar-refractivity contribution is 0.268. The van der Waals surface area contributed by atoms with E-state index >= 15 is 0 Å². The second kappa shape index (κ2) is 8.27. The molecule has 1 saturated carbocycles. The van der Waals surface area contributed by atoms with Crippen LogP contribution in [0.2, 0.25) is 0 Å². The number of anilines is 1. The van der Waals surface area contributed by atoms with E-state index in [1.807, 2.05) is 25.1 Å². The molecule has 2 nitrogen and oxygen atoms in total. The van der Waals surface area contributed by atoms with Crippen LogP contribution in [0.15, 0.2) is 60.7 Å². The maximum absolute atomic E-state index is 14.3. The number of benzene rings is 3. The van der Waals surface area contributed by atoms with Crippen molar-refractivity contribution in [3.63, 3.8) is 0 Å². The van der Waals surface area contributed by atoms with E-state index in [9.17, 15) is 4.39 Å². The molecule has 5 rings (SSSR count). The summed E-state index contributed by atoms with van der Waals surface area (Å²) in [6.45, 7) is 7.27. The number of fused-ring (bicyclic) bond motifs is 1. The van der Waals surface area contributed by atoms with Crippen LogP contribution in [0.25, 0.3) is 11.1 Å². The molecule has 0 saturated heterocycles. The van der Waals surface area contributed by atoms with E-state index in [1.165, 1.54) is 29.7 Å². The van der Waals surface area contributed by atoms with Crippen LogP contribution in [-0.4, -0.2) is 13.7 Å². The highest BCUT2D eigenvalue weighted by molar-refractivity contribution is 5.66. The van der Waals surface area contributed by atoms with Gasteiger partial charge in [0.15, 0.2) is 0 Å². The van der Waals surface area contributed by atoms with E-state index in [0.29, 0.717) is 24.0 Å². The summed E-state index contributed by atoms with van der Waals surface area (Å²) in [5.41, 5.74) is 6.40. The molecule has 1 aliphatic heterocycles. The van der Waals surface area contributed by atoms with Gasteiger partial charge in [-0.25, -0.2) is 4.39 Å². The monoisotopic (exact) mass is 429 g/mol. The molecular weight excluding hydrogens is 397 g/mol. The van der Waals surface area contributed by atoms with Crippen molar-refractivity contribution in [1.29, 1.82) is 0 Å². The van der Waals surface area contributed by atoms with Crippen molar-refractivity contribution >= 4 is 5.69 Å². The molecule has 0 N–H and O–H groups in total. The van der Waals surface area contributed by atoms with Crippen LogP contribution < -0.4 is 9.64 Å². The van der Waals surface area contributed by atoms with Gasteiger partial charge in [0.25, 0.3) is 0 Å². The Bertz CT molecular complexity index is 1110. The molecule has 32 heavy (non-hydrogen) atoms. The zero-order valence-corrected chi connectivity index (χ0v) is 19.4. The van der Waals surface area contributed by atoms with Gasteiger partial charge < -0.3 is 9.64 Å². The standard InChI is InChI=1S/C29H32FNO/c1-18(2)29(22-10-11-22)23-12-14-28-26(16-23)31(4)27(17-32-28)21-8-6-20(7-9-21)24-15-19(3)5-13-25(24)30/h5-9,12-16,18,22,27,29H,10-11,17H2,1-4H3/t27?,29-/m0/s1. The molecule has 3 heteroatoms. The summed E-state index contributed by atoms with van der Waals surface area (Å²) in [4.78, 5) is 2.34. The van der Waals surface area contributed by atoms with Crippen LogP contribution >= 0.6 is 0 Å². The summed E-state index contributed by atoms with van der Waals surface area (Å²) in [6.07, 6.45) is 2.70. The number of rotatable bonds is 5. The number of likely N-dealkylation sites (N-methyl/N-ethyl adjacent to an activating group) is 1. The van der Waals surface area contributed by atoms with E-state index < -0.39 is 0 Å². The molecule has 2 aliphatic rings. The SMILES string of the molecule is Cc1ccc(F)c(-c2ccc(C3COc4ccc([C@@H](C(C)C)C5CC5)cc4N3C)cc2)c1. The minimum atomic E-state index is -0.182. The van der Waals surface area contributed by atoms with Crippen molar-refractivity contribution < 1.29 is 9.13 Å². The lowest BCUT2D eigenvalue weighted by atomic mass is 9.84. The van der Waals surface area contributed by atoms with Crippen molar-refractivity contribution in [1.82, 2.24) is 0 Å². The van der Waals surface area contributed by atoms with Gasteiger partial charge in [-0.2, -0.15) is 0 Å². The number of nitrogens with zero attached hydrogens (tertiary/aromatic N) is 1. The van der Waals surface area contributed by atoms with Crippen LogP contribution in [0.3, 0.4) is 0 Å². The Morgan fingerprint density at radius 1 is 0.969 bits per heavy atom. The van der Waals surface area contributed by atoms with Crippen molar-refractivity contribution in [2.45, 2.75) is 45.6 Å². The minimum Gasteiger partial charge on any atom is -0.489 e. The maximum Gasteiger partial charge on any atom is 0.142 e. The summed E-state index contributed by atoms with van der Waals surface area (Å²) < 4.78 is 20.5. The van der Waals surface area contributed by atoms with Gasteiger partial charge in [0, 0.05) is 12.6 Å². The van der Waals surface area contributed by atoms with Crippen LogP contribution in [0.4, 0.5) is 10.1 Å². The molecule has 0 aromatic heterocycles. The predicted octanol–water partition coefficient (Wildman–Crippen LogP) is 7.52. The molecule has 3 aromatic carbocycles. The minimum absolute atomic E-state index is 0.132. The molecule has 1 heterocycles. The molecule has 3 aromatic rings. The molecule has 0 amide bonds. The van der Waals surface area contributed by atoms with Gasteiger partial charge in [-0.15, -0.1) is 0 Å². The first-order chi connectivity index (χ1) is 15.4. The fourth-order valence-electron chi connectivity index (χ4n) is 5.31. The Kier molecular flexibility index (Phi) is 5.44. The molecule has 1 fully saturated rings. The van der Waals surface area contributed by atoms with Gasteiger partial charge in [0.2, 0.25) is 0 Å². The third kappa shape index (κ3) is 3.90. The van der Waals surface area contributed by atoms with Crippen LogP contribution in [0, 0.1) is 24.6 Å². The quantitative estimate of drug-likeness (QED) is 0.416. The average molecular weight is 430 g/mol. The molecule has 0 spiro atoms. The Labute approximate surface area is 191 Å². The summed E-state index contributed by atoms with van der Waals surface area (Å²) >= 11 is 0. The first kappa shape index (κ1) is 21.1. The lowest BCUT2D eigenvalue weighted by Gasteiger charge is -2.37. The van der Waals surface area contributed by atoms with Gasteiger partial charge in [-0.05, 0) is 78.5 Å². The normalized spacial score (nSPS) is 18.9. The second-order valence-electron chi connectivity index (χ2n) is 9.88. The van der Waals surface area contributed by atoms with Crippen LogP contribution in [0.5, 0.6) is 5.75 Å². The lowest BCUT2D eigenvalue weighted by Crippen LogP contribution is -2.33. The van der Waals surface area contributed by atoms with E-state index in [0.717, 1.165) is 22.8 Å². The summed E-state index contributed by atoms with van der Waals surface area (Å²) in [5.74, 6) is 2.87. The third-order valence-electron chi connectivity index (χ3n) is 7.19. The number of hydrogen-bond donors (Lipinski definition) is 0. The number of ether oxygens (including phenoxy) is 1. The van der Waals surface area contributed by atoms with E-state index in [2.05, 4.69) is 56.1 Å². The second-order valence-corrected chi connectivity index (χ2v) is 9.88. The van der Waals surface area contributed by atoms with Gasteiger partial charge in [-0.1, -0.05) is 55.8 Å². The molecule has 0 bridgehead atoms. The summed E-state index contributed by atoms with van der Waals surface area (Å²) in [6, 6.07) is 20.4. The number of hydrogen-bond acceptors (Lipinski definition) is 2. The smallest absolute Gasteiger partial charge is 0.142 e. The fraction of sp³-hybridized carbons (Fsp3) is 0.379. The zero-order chi connectivity index (χ0) is 22.4. The van der Waals surface area contributed by atoms with Gasteiger partial charge in [0.1, 0.15) is 18.2 Å². The van der Waals surface area contributed by atoms with E-state index in [-0.39, 0.29) is 11.9 Å². The van der Waals surface area contributed by atoms with Crippen molar-refractivity contribution in [2.75, 3.05) is 18.6 Å². The molecule has 166 valence electrons. The molecule has 1 unspecified atom stereocenters. The largest absolute Gasteiger partial charge is 0.489 e. The predicted molar refractivity (Wildman–Crippen MR) is 130 cm³/mol. The first-order valence-electron chi connectivity index (χ1n) is 11.8. The topological polar surface area (TPSA) is 12.5 Å². The van der Waals surface area contributed by atoms with Crippen molar-refractivity contribution in [2.24, 2.45) is 11.8 Å². The maximum atomic E-state index is 14.3. The molecule has 2 atom stereocenters. The Morgan fingerprint density at radius 3 is 2.41 bits per heavy atom. The fourth-order valence-corrected chi connectivity index (χ4v) is 5.31. The van der Waals surface area contributed by atoms with E-state index in [1.54, 1.807) is 12.1 Å². The Balaban J connectivity index is 1.42. The third-order valence-corrected chi connectivity index (χ3v) is 7.19. The summed E-state index contributed by atoms with van der Waals surface area (Å²) in [5, 5.41) is 0. The first-order valence-corrected chi connectivity index (χ1v) is 11.8. The van der Waals surface area contributed by atoms with Crippen LogP contribution in [0.1, 0.15) is 55.3 Å². The van der Waals surface area contributed by atoms with Crippen molar-refractivity contribution in [3.05, 3.63) is 83.2 Å². The highest BCUT2D eigenvalue weighted by atomic mass is 19.1. The highest BCUT2D eigenvalue weighted by Gasteiger charge is 2.35. The molecule has 0 radical (unpaired) electrons. The molecule has 1 aliphatic carbocycles. The zero-order valence-electron chi connectivity index (χ0n) is 19.4. The summed E-state index contributed by atoms with van der Waals surface area (Å²) in [7, 11) is 2.16. The molecular formula is C29H32FNO. The highest BCUT2D eigenvalue weighted by Crippen LogP contribution is 2.49. The van der Waals surface area contributed by atoms with Crippen molar-refractivity contribution in [3.8, 4) is 16.9 Å². The Hall–Kier alpha value is -2.81. The van der Waals surface area contributed by atoms with Gasteiger partial charge in [0.05, 0.1) is 11.7 Å². The number of aryl methyl sites for hydroxylation is 1. The Morgan fingerprint density at radius 2 is 1.72 bits per heavy atom. The van der Waals surface area contributed by atoms with Gasteiger partial charge in [-0.3, -0.25) is 0 Å². The average Bonchev–Trinajstić information content (AvgIpc) is 3.61.